The van der Waals surface area contributed by atoms with Crippen molar-refractivity contribution in [1.82, 2.24) is 0 Å². The van der Waals surface area contributed by atoms with E-state index in [2.05, 4.69) is 6.92 Å². The highest BCUT2D eigenvalue weighted by Gasteiger charge is 2.32. The van der Waals surface area contributed by atoms with E-state index in [1.54, 1.807) is 0 Å². The first-order valence-corrected chi connectivity index (χ1v) is 8.22. The van der Waals surface area contributed by atoms with Crippen molar-refractivity contribution in [3.63, 3.8) is 0 Å². The van der Waals surface area contributed by atoms with Gasteiger partial charge in [0.05, 0.1) is 5.92 Å². The van der Waals surface area contributed by atoms with Crippen LogP contribution in [-0.4, -0.2) is 23.5 Å². The Morgan fingerprint density at radius 2 is 1.68 bits per heavy atom. The van der Waals surface area contributed by atoms with Crippen LogP contribution in [-0.2, 0) is 9.59 Å². The normalized spacial score (nSPS) is 21.3. The minimum Gasteiger partial charge on any atom is -0.481 e. The molecule has 1 aliphatic carbocycles. The number of hydrogen-bond acceptors (Lipinski definition) is 2. The molecule has 120 valence electrons. The summed E-state index contributed by atoms with van der Waals surface area (Å²) in [5.74, 6) is -0.877. The van der Waals surface area contributed by atoms with Gasteiger partial charge in [0.15, 0.2) is 0 Å². The quantitative estimate of drug-likeness (QED) is 0.871. The number of hydrogen-bond donors (Lipinski definition) is 1. The van der Waals surface area contributed by atoms with Gasteiger partial charge < -0.3 is 10.0 Å². The fraction of sp³-hybridized carbons (Fsp3) is 0.556. The molecule has 0 saturated heterocycles. The third-order valence-electron chi connectivity index (χ3n) is 4.49. The highest BCUT2D eigenvalue weighted by atomic mass is 16.4. The van der Waals surface area contributed by atoms with E-state index in [1.807, 2.05) is 35.2 Å². The van der Waals surface area contributed by atoms with E-state index >= 15 is 0 Å². The van der Waals surface area contributed by atoms with Crippen LogP contribution in [0.25, 0.3) is 0 Å². The number of carbonyl (C=O) groups is 2. The number of anilines is 1. The second-order valence-electron chi connectivity index (χ2n) is 6.07. The van der Waals surface area contributed by atoms with E-state index < -0.39 is 5.97 Å². The highest BCUT2D eigenvalue weighted by Crippen LogP contribution is 2.31. The Kier molecular flexibility index (Phi) is 5.99. The Morgan fingerprint density at radius 1 is 1.09 bits per heavy atom. The van der Waals surface area contributed by atoms with E-state index in [4.69, 9.17) is 5.11 Å². The largest absolute Gasteiger partial charge is 0.481 e. The van der Waals surface area contributed by atoms with Crippen LogP contribution < -0.4 is 4.90 Å². The number of benzene rings is 1. The molecule has 1 N–H and O–H groups in total. The van der Waals surface area contributed by atoms with Crippen molar-refractivity contribution in [1.29, 1.82) is 0 Å². The van der Waals surface area contributed by atoms with Gasteiger partial charge in [-0.1, -0.05) is 31.5 Å². The Bertz CT molecular complexity index is 492. The summed E-state index contributed by atoms with van der Waals surface area (Å²) in [7, 11) is 0. The summed E-state index contributed by atoms with van der Waals surface area (Å²) < 4.78 is 0. The molecule has 0 aliphatic heterocycles. The maximum atomic E-state index is 12.9. The second kappa shape index (κ2) is 7.97. The lowest BCUT2D eigenvalue weighted by molar-refractivity contribution is -0.144. The minimum atomic E-state index is -0.725. The molecule has 0 atom stereocenters. The number of carbonyl (C=O) groups excluding carboxylic acids is 1. The van der Waals surface area contributed by atoms with E-state index in [0.29, 0.717) is 25.7 Å². The van der Waals surface area contributed by atoms with E-state index in [-0.39, 0.29) is 17.7 Å². The number of para-hydroxylation sites is 1. The Morgan fingerprint density at radius 3 is 2.23 bits per heavy atom. The van der Waals surface area contributed by atoms with Gasteiger partial charge in [-0.3, -0.25) is 9.59 Å². The Hall–Kier alpha value is -1.84. The molecule has 0 heterocycles. The van der Waals surface area contributed by atoms with Crippen LogP contribution in [0.3, 0.4) is 0 Å². The fourth-order valence-electron chi connectivity index (χ4n) is 3.10. The van der Waals surface area contributed by atoms with E-state index in [1.165, 1.54) is 0 Å². The van der Waals surface area contributed by atoms with Crippen LogP contribution in [0.4, 0.5) is 5.69 Å². The molecule has 4 heteroatoms. The summed E-state index contributed by atoms with van der Waals surface area (Å²) in [4.78, 5) is 25.8. The maximum Gasteiger partial charge on any atom is 0.306 e. The smallest absolute Gasteiger partial charge is 0.306 e. The Labute approximate surface area is 132 Å². The average Bonchev–Trinajstić information content (AvgIpc) is 2.56. The molecule has 1 aromatic rings. The zero-order chi connectivity index (χ0) is 15.9. The molecule has 1 fully saturated rings. The molecule has 0 bridgehead atoms. The number of carboxylic acid groups (broad SMARTS) is 1. The molecule has 4 nitrogen and oxygen atoms in total. The van der Waals surface area contributed by atoms with Crippen molar-refractivity contribution in [3.8, 4) is 0 Å². The van der Waals surface area contributed by atoms with Crippen LogP contribution in [0.1, 0.15) is 45.4 Å². The third-order valence-corrected chi connectivity index (χ3v) is 4.49. The first-order chi connectivity index (χ1) is 10.6. The molecular formula is C18H25NO3. The predicted molar refractivity (Wildman–Crippen MR) is 86.8 cm³/mol. The van der Waals surface area contributed by atoms with Crippen molar-refractivity contribution in [2.24, 2.45) is 11.8 Å². The molecule has 0 aromatic heterocycles. The molecular weight excluding hydrogens is 278 g/mol. The Balaban J connectivity index is 2.05. The number of aliphatic carboxylic acids is 1. The van der Waals surface area contributed by atoms with Gasteiger partial charge >= 0.3 is 5.97 Å². The van der Waals surface area contributed by atoms with Gasteiger partial charge in [0.1, 0.15) is 0 Å². The van der Waals surface area contributed by atoms with Crippen LogP contribution in [0, 0.1) is 11.8 Å². The first kappa shape index (κ1) is 16.5. The lowest BCUT2D eigenvalue weighted by atomic mass is 9.81. The van der Waals surface area contributed by atoms with Crippen molar-refractivity contribution in [2.75, 3.05) is 11.4 Å². The number of amides is 1. The molecule has 1 amide bonds. The first-order valence-electron chi connectivity index (χ1n) is 8.22. The summed E-state index contributed by atoms with van der Waals surface area (Å²) in [6.07, 6.45) is 4.62. The molecule has 2 rings (SSSR count). The average molecular weight is 303 g/mol. The minimum absolute atomic E-state index is 0.0346. The number of nitrogens with zero attached hydrogens (tertiary/aromatic N) is 1. The van der Waals surface area contributed by atoms with Gasteiger partial charge in [0.25, 0.3) is 0 Å². The highest BCUT2D eigenvalue weighted by molar-refractivity contribution is 5.95. The summed E-state index contributed by atoms with van der Waals surface area (Å²) in [6, 6.07) is 9.78. The molecule has 1 aliphatic rings. The predicted octanol–water partition coefficient (Wildman–Crippen LogP) is 3.71. The molecule has 1 aromatic carbocycles. The SMILES string of the molecule is CCCCN(C(=O)C1CCC(C(=O)O)CC1)c1ccccc1. The fourth-order valence-corrected chi connectivity index (χ4v) is 3.10. The van der Waals surface area contributed by atoms with Gasteiger partial charge in [-0.05, 0) is 44.2 Å². The number of rotatable bonds is 6. The lowest BCUT2D eigenvalue weighted by Gasteiger charge is -2.31. The molecule has 22 heavy (non-hydrogen) atoms. The molecule has 0 spiro atoms. The topological polar surface area (TPSA) is 57.6 Å². The van der Waals surface area contributed by atoms with Crippen molar-refractivity contribution in [2.45, 2.75) is 45.4 Å². The van der Waals surface area contributed by atoms with Crippen molar-refractivity contribution >= 4 is 17.6 Å². The van der Waals surface area contributed by atoms with Crippen LogP contribution in [0.2, 0.25) is 0 Å². The van der Waals surface area contributed by atoms with E-state index in [9.17, 15) is 9.59 Å². The number of unbranched alkanes of at least 4 members (excludes halogenated alkanes) is 1. The summed E-state index contributed by atoms with van der Waals surface area (Å²) >= 11 is 0. The van der Waals surface area contributed by atoms with Gasteiger partial charge in [0.2, 0.25) is 5.91 Å². The van der Waals surface area contributed by atoms with Gasteiger partial charge in [-0.15, -0.1) is 0 Å². The third kappa shape index (κ3) is 4.09. The standard InChI is InChI=1S/C18H25NO3/c1-2-3-13-19(16-7-5-4-6-8-16)17(20)14-9-11-15(12-10-14)18(21)22/h4-8,14-15H,2-3,9-13H2,1H3,(H,21,22). The van der Waals surface area contributed by atoms with Crippen LogP contribution in [0.15, 0.2) is 30.3 Å². The van der Waals surface area contributed by atoms with Crippen molar-refractivity contribution in [3.05, 3.63) is 30.3 Å². The van der Waals surface area contributed by atoms with Gasteiger partial charge in [-0.2, -0.15) is 0 Å². The summed E-state index contributed by atoms with van der Waals surface area (Å²) in [6.45, 7) is 2.85. The van der Waals surface area contributed by atoms with Crippen LogP contribution >= 0.6 is 0 Å². The summed E-state index contributed by atoms with van der Waals surface area (Å²) in [5, 5.41) is 9.07. The molecule has 0 unspecified atom stereocenters. The maximum absolute atomic E-state index is 12.9. The number of carboxylic acids is 1. The molecule has 1 saturated carbocycles. The monoisotopic (exact) mass is 303 g/mol. The zero-order valence-electron chi connectivity index (χ0n) is 13.2. The zero-order valence-corrected chi connectivity index (χ0v) is 13.2. The van der Waals surface area contributed by atoms with Crippen molar-refractivity contribution < 1.29 is 14.7 Å². The van der Waals surface area contributed by atoms with Gasteiger partial charge in [0, 0.05) is 18.2 Å². The summed E-state index contributed by atoms with van der Waals surface area (Å²) in [5.41, 5.74) is 0.946. The lowest BCUT2D eigenvalue weighted by Crippen LogP contribution is -2.39. The van der Waals surface area contributed by atoms with E-state index in [0.717, 1.165) is 25.1 Å². The second-order valence-corrected chi connectivity index (χ2v) is 6.07. The molecule has 0 radical (unpaired) electrons. The van der Waals surface area contributed by atoms with Crippen LogP contribution in [0.5, 0.6) is 0 Å². The van der Waals surface area contributed by atoms with Gasteiger partial charge in [-0.25, -0.2) is 0 Å².